The summed E-state index contributed by atoms with van der Waals surface area (Å²) in [4.78, 5) is 17.0. The Kier molecular flexibility index (Phi) is 6.18. The van der Waals surface area contributed by atoms with Crippen LogP contribution in [0.5, 0.6) is 0 Å². The predicted molar refractivity (Wildman–Crippen MR) is 134 cm³/mol. The van der Waals surface area contributed by atoms with Crippen molar-refractivity contribution in [1.29, 1.82) is 0 Å². The molecule has 0 spiro atoms. The lowest BCUT2D eigenvalue weighted by molar-refractivity contribution is 0.0247. The van der Waals surface area contributed by atoms with Crippen molar-refractivity contribution in [3.63, 3.8) is 0 Å². The first kappa shape index (κ1) is 22.8. The van der Waals surface area contributed by atoms with E-state index in [9.17, 15) is 4.79 Å². The molecule has 2 fully saturated rings. The number of halogens is 2. The number of H-pyrrole nitrogens is 1. The van der Waals surface area contributed by atoms with Crippen molar-refractivity contribution < 1.29 is 13.8 Å². The maximum Gasteiger partial charge on any atom is 0.439 e. The summed E-state index contributed by atoms with van der Waals surface area (Å²) in [5.41, 5.74) is 2.33. The summed E-state index contributed by atoms with van der Waals surface area (Å²) >= 11 is 14.5. The minimum absolute atomic E-state index is 0.133. The molecule has 4 aromatic rings. The molecule has 6 rings (SSSR count). The van der Waals surface area contributed by atoms with E-state index in [0.717, 1.165) is 60.0 Å². The van der Waals surface area contributed by atoms with Gasteiger partial charge in [-0.25, -0.2) is 4.79 Å². The summed E-state index contributed by atoms with van der Waals surface area (Å²) in [6.45, 7) is 2.17. The van der Waals surface area contributed by atoms with Crippen LogP contribution >= 0.6 is 34.5 Å². The number of hydrogen-bond acceptors (Lipinski definition) is 8. The first-order chi connectivity index (χ1) is 17.1. The Morgan fingerprint density at radius 2 is 1.83 bits per heavy atom. The molecule has 1 aromatic carbocycles. The van der Waals surface area contributed by atoms with Gasteiger partial charge in [-0.3, -0.25) is 9.51 Å². The Balaban J connectivity index is 1.12. The zero-order valence-electron chi connectivity index (χ0n) is 18.6. The largest absolute Gasteiger partial charge is 0.439 e. The molecule has 0 bridgehead atoms. The van der Waals surface area contributed by atoms with E-state index in [-0.39, 0.29) is 6.10 Å². The maximum atomic E-state index is 11.2. The van der Waals surface area contributed by atoms with Gasteiger partial charge in [-0.2, -0.15) is 0 Å². The van der Waals surface area contributed by atoms with Gasteiger partial charge in [0, 0.05) is 30.1 Å². The third-order valence-electron chi connectivity index (χ3n) is 6.45. The van der Waals surface area contributed by atoms with Crippen LogP contribution < -0.4 is 10.7 Å². The highest BCUT2D eigenvalue weighted by molar-refractivity contribution is 7.19. The van der Waals surface area contributed by atoms with Crippen molar-refractivity contribution in [2.45, 2.75) is 44.3 Å². The Morgan fingerprint density at radius 1 is 1.06 bits per heavy atom. The van der Waals surface area contributed by atoms with Gasteiger partial charge in [-0.15, -0.1) is 11.3 Å². The van der Waals surface area contributed by atoms with Gasteiger partial charge in [0.2, 0.25) is 0 Å². The van der Waals surface area contributed by atoms with Gasteiger partial charge in [0.1, 0.15) is 11.5 Å². The second kappa shape index (κ2) is 9.46. The molecule has 0 radical (unpaired) electrons. The van der Waals surface area contributed by atoms with Crippen LogP contribution in [0.1, 0.15) is 42.9 Å². The molecule has 0 amide bonds. The summed E-state index contributed by atoms with van der Waals surface area (Å²) in [5.74, 6) is 1.20. The van der Waals surface area contributed by atoms with Crippen LogP contribution in [0, 0.1) is 0 Å². The van der Waals surface area contributed by atoms with Gasteiger partial charge in [0.25, 0.3) is 0 Å². The first-order valence-electron chi connectivity index (χ1n) is 11.5. The molecule has 0 unspecified atom stereocenters. The number of hydrogen-bond donors (Lipinski definition) is 1. The molecule has 3 aromatic heterocycles. The number of thiophene rings is 1. The molecule has 11 heteroatoms. The number of aromatic nitrogens is 3. The highest BCUT2D eigenvalue weighted by Gasteiger charge is 2.34. The minimum Gasteiger partial charge on any atom is -0.373 e. The van der Waals surface area contributed by atoms with E-state index in [0.29, 0.717) is 39.7 Å². The number of piperidine rings is 1. The normalized spacial score (nSPS) is 16.8. The fourth-order valence-corrected chi connectivity index (χ4v) is 6.02. The molecule has 35 heavy (non-hydrogen) atoms. The van der Waals surface area contributed by atoms with E-state index < -0.39 is 5.76 Å². The molecular formula is C24H22Cl2N4O4S. The van der Waals surface area contributed by atoms with Crippen LogP contribution in [0.3, 0.4) is 0 Å². The summed E-state index contributed by atoms with van der Waals surface area (Å²) in [6.07, 6.45) is 4.14. The molecule has 1 saturated carbocycles. The van der Waals surface area contributed by atoms with Gasteiger partial charge >= 0.3 is 5.76 Å². The summed E-state index contributed by atoms with van der Waals surface area (Å²) in [5, 5.41) is 10.3. The average molecular weight is 533 g/mol. The van der Waals surface area contributed by atoms with Crippen molar-refractivity contribution >= 4 is 39.5 Å². The number of ether oxygens (including phenoxy) is 1. The monoisotopic (exact) mass is 532 g/mol. The fraction of sp³-hybridized carbons (Fsp3) is 0.375. The number of aromatic amines is 1. The quantitative estimate of drug-likeness (QED) is 0.306. The predicted octanol–water partition coefficient (Wildman–Crippen LogP) is 6.12. The zero-order valence-corrected chi connectivity index (χ0v) is 21.0. The lowest BCUT2D eigenvalue weighted by Gasteiger charge is -2.32. The molecule has 4 heterocycles. The van der Waals surface area contributed by atoms with Gasteiger partial charge in [-0.1, -0.05) is 39.6 Å². The molecule has 2 aliphatic rings. The number of nitrogens with one attached hydrogen (secondary N) is 1. The van der Waals surface area contributed by atoms with Crippen LogP contribution in [0.15, 0.2) is 44.2 Å². The van der Waals surface area contributed by atoms with Crippen LogP contribution in [-0.4, -0.2) is 34.5 Å². The van der Waals surface area contributed by atoms with Crippen molar-refractivity contribution in [3.05, 3.63) is 62.3 Å². The number of rotatable bonds is 7. The number of anilines is 1. The molecule has 1 aliphatic carbocycles. The lowest BCUT2D eigenvalue weighted by atomic mass is 10.0. The van der Waals surface area contributed by atoms with Crippen LogP contribution in [-0.2, 0) is 11.3 Å². The van der Waals surface area contributed by atoms with E-state index >= 15 is 0 Å². The number of benzene rings is 1. The Bertz CT molecular complexity index is 1380. The van der Waals surface area contributed by atoms with E-state index in [2.05, 4.69) is 24.7 Å². The van der Waals surface area contributed by atoms with E-state index in [1.165, 1.54) is 0 Å². The summed E-state index contributed by atoms with van der Waals surface area (Å²) in [6, 6.07) is 9.44. The van der Waals surface area contributed by atoms with Gasteiger partial charge in [0.05, 0.1) is 32.6 Å². The van der Waals surface area contributed by atoms with Crippen LogP contribution in [0.2, 0.25) is 10.0 Å². The first-order valence-corrected chi connectivity index (χ1v) is 13.1. The van der Waals surface area contributed by atoms with Crippen molar-refractivity contribution in [2.24, 2.45) is 0 Å². The summed E-state index contributed by atoms with van der Waals surface area (Å²) in [7, 11) is 0. The van der Waals surface area contributed by atoms with Crippen LogP contribution in [0.4, 0.5) is 5.00 Å². The van der Waals surface area contributed by atoms with Gasteiger partial charge < -0.3 is 14.2 Å². The molecule has 1 saturated heterocycles. The van der Waals surface area contributed by atoms with E-state index in [4.69, 9.17) is 32.5 Å². The van der Waals surface area contributed by atoms with Crippen molar-refractivity contribution in [3.8, 4) is 22.0 Å². The van der Waals surface area contributed by atoms with Crippen molar-refractivity contribution in [2.75, 3.05) is 18.0 Å². The highest BCUT2D eigenvalue weighted by atomic mass is 35.5. The maximum absolute atomic E-state index is 11.2. The van der Waals surface area contributed by atoms with Gasteiger partial charge in [0.15, 0.2) is 5.82 Å². The topological polar surface area (TPSA) is 97.4 Å². The SMILES string of the molecule is O=c1[nH]c(-c2ccc(N3CCC(OCc4c(-c5c(Cl)cccc5Cl)noc4C4CC4)CC3)s2)no1. The molecule has 1 N–H and O–H groups in total. The fourth-order valence-electron chi connectivity index (χ4n) is 4.45. The minimum atomic E-state index is -0.550. The highest BCUT2D eigenvalue weighted by Crippen LogP contribution is 2.46. The zero-order chi connectivity index (χ0) is 23.9. The Labute approximate surface area is 214 Å². The second-order valence-electron chi connectivity index (χ2n) is 8.82. The third-order valence-corrected chi connectivity index (χ3v) is 8.23. The summed E-state index contributed by atoms with van der Waals surface area (Å²) < 4.78 is 16.7. The van der Waals surface area contributed by atoms with E-state index in [1.807, 2.05) is 30.3 Å². The number of nitrogens with zero attached hydrogens (tertiary/aromatic N) is 3. The average Bonchev–Trinajstić information content (AvgIpc) is 3.23. The lowest BCUT2D eigenvalue weighted by Crippen LogP contribution is -2.36. The van der Waals surface area contributed by atoms with Crippen LogP contribution in [0.25, 0.3) is 22.0 Å². The van der Waals surface area contributed by atoms with Crippen molar-refractivity contribution in [1.82, 2.24) is 15.3 Å². The van der Waals surface area contributed by atoms with E-state index in [1.54, 1.807) is 11.3 Å². The standard InChI is InChI=1S/C24H22Cl2N4O4S/c25-16-2-1-3-17(26)20(16)21-15(22(33-28-21)13-4-5-13)12-32-14-8-10-30(11-9-14)19-7-6-18(35-19)23-27-24(31)34-29-23/h1-3,6-7,13-14H,4-5,8-12H2,(H,27,29,31). The molecule has 182 valence electrons. The molecule has 1 aliphatic heterocycles. The Hall–Kier alpha value is -2.59. The van der Waals surface area contributed by atoms with Gasteiger partial charge in [-0.05, 0) is 49.9 Å². The molecule has 0 atom stereocenters. The molecular weight excluding hydrogens is 511 g/mol. The molecule has 8 nitrogen and oxygen atoms in total. The Morgan fingerprint density at radius 3 is 2.51 bits per heavy atom. The second-order valence-corrected chi connectivity index (χ2v) is 10.7. The smallest absolute Gasteiger partial charge is 0.373 e. The third kappa shape index (κ3) is 4.65.